The number of rotatable bonds is 5. The molecule has 0 aromatic heterocycles. The first kappa shape index (κ1) is 11.4. The average molecular weight is 210 g/mol. The summed E-state index contributed by atoms with van der Waals surface area (Å²) in [6.45, 7) is 0. The van der Waals surface area contributed by atoms with Gasteiger partial charge in [0.25, 0.3) is 0 Å². The van der Waals surface area contributed by atoms with Gasteiger partial charge in [0.1, 0.15) is 0 Å². The molecule has 15 heavy (non-hydrogen) atoms. The molecule has 2 aliphatic rings. The second kappa shape index (κ2) is 5.86. The summed E-state index contributed by atoms with van der Waals surface area (Å²) >= 11 is 0. The highest BCUT2D eigenvalue weighted by Crippen LogP contribution is 2.35. The van der Waals surface area contributed by atoms with Gasteiger partial charge in [-0.2, -0.15) is 0 Å². The summed E-state index contributed by atoms with van der Waals surface area (Å²) in [4.78, 5) is 0. The molecule has 0 saturated heterocycles. The molecule has 1 unspecified atom stereocenters. The zero-order chi connectivity index (χ0) is 10.5. The monoisotopic (exact) mass is 210 g/mol. The van der Waals surface area contributed by atoms with Crippen LogP contribution in [0.4, 0.5) is 0 Å². The molecule has 0 amide bonds. The molecule has 1 atom stereocenters. The first-order valence-electron chi connectivity index (χ1n) is 6.86. The first-order chi connectivity index (χ1) is 7.40. The number of nitrogens with two attached hydrogens (primary N) is 1. The van der Waals surface area contributed by atoms with Gasteiger partial charge in [0.05, 0.1) is 0 Å². The maximum Gasteiger partial charge on any atom is 0.0238 e. The highest BCUT2D eigenvalue weighted by molar-refractivity contribution is 4.81. The lowest BCUT2D eigenvalue weighted by atomic mass is 9.89. The lowest BCUT2D eigenvalue weighted by Crippen LogP contribution is -2.40. The van der Waals surface area contributed by atoms with E-state index >= 15 is 0 Å². The predicted molar refractivity (Wildman–Crippen MR) is 64.3 cm³/mol. The fraction of sp³-hybridized carbons (Fsp3) is 1.00. The molecule has 2 saturated carbocycles. The van der Waals surface area contributed by atoms with Crippen molar-refractivity contribution in [1.29, 1.82) is 0 Å². The molecule has 2 rings (SSSR count). The highest BCUT2D eigenvalue weighted by Gasteiger charge is 2.26. The summed E-state index contributed by atoms with van der Waals surface area (Å²) in [5.41, 5.74) is 3.08. The summed E-state index contributed by atoms with van der Waals surface area (Å²) < 4.78 is 0. The van der Waals surface area contributed by atoms with Crippen LogP contribution in [-0.2, 0) is 0 Å². The van der Waals surface area contributed by atoms with Gasteiger partial charge >= 0.3 is 0 Å². The molecule has 3 N–H and O–H groups in total. The quantitative estimate of drug-likeness (QED) is 0.416. The van der Waals surface area contributed by atoms with Crippen molar-refractivity contribution < 1.29 is 0 Å². The van der Waals surface area contributed by atoms with Crippen molar-refractivity contribution >= 4 is 0 Å². The molecule has 0 radical (unpaired) electrons. The number of nitrogens with one attached hydrogen (secondary N) is 1. The van der Waals surface area contributed by atoms with E-state index in [1.54, 1.807) is 0 Å². The Morgan fingerprint density at radius 1 is 1.00 bits per heavy atom. The molecular weight excluding hydrogens is 184 g/mol. The van der Waals surface area contributed by atoms with Gasteiger partial charge in [-0.15, -0.1) is 0 Å². The van der Waals surface area contributed by atoms with Crippen LogP contribution in [0.5, 0.6) is 0 Å². The van der Waals surface area contributed by atoms with E-state index in [0.717, 1.165) is 11.8 Å². The maximum atomic E-state index is 5.71. The van der Waals surface area contributed by atoms with Gasteiger partial charge in [-0.25, -0.2) is 0 Å². The minimum Gasteiger partial charge on any atom is -0.271 e. The molecule has 0 aromatic rings. The van der Waals surface area contributed by atoms with Crippen molar-refractivity contribution in [2.24, 2.45) is 17.7 Å². The average Bonchev–Trinajstić information content (AvgIpc) is 3.05. The molecule has 2 fully saturated rings. The molecular formula is C13H26N2. The van der Waals surface area contributed by atoms with E-state index in [4.69, 9.17) is 5.84 Å². The Bertz CT molecular complexity index is 169. The Kier molecular flexibility index (Phi) is 4.45. The molecule has 0 bridgehead atoms. The van der Waals surface area contributed by atoms with Crippen LogP contribution < -0.4 is 11.3 Å². The van der Waals surface area contributed by atoms with Crippen LogP contribution in [-0.4, -0.2) is 6.04 Å². The van der Waals surface area contributed by atoms with E-state index in [1.165, 1.54) is 64.2 Å². The van der Waals surface area contributed by atoms with E-state index < -0.39 is 0 Å². The van der Waals surface area contributed by atoms with Gasteiger partial charge in [-0.1, -0.05) is 38.5 Å². The van der Waals surface area contributed by atoms with E-state index in [-0.39, 0.29) is 0 Å². The largest absolute Gasteiger partial charge is 0.271 e. The van der Waals surface area contributed by atoms with Crippen molar-refractivity contribution in [3.05, 3.63) is 0 Å². The summed E-state index contributed by atoms with van der Waals surface area (Å²) in [6, 6.07) is 0.601. The van der Waals surface area contributed by atoms with Gasteiger partial charge in [-0.05, 0) is 37.5 Å². The highest BCUT2D eigenvalue weighted by atomic mass is 15.2. The Labute approximate surface area is 94.0 Å². The van der Waals surface area contributed by atoms with Gasteiger partial charge in [-0.3, -0.25) is 11.3 Å². The van der Waals surface area contributed by atoms with Crippen molar-refractivity contribution in [3.8, 4) is 0 Å². The fourth-order valence-corrected chi connectivity index (χ4v) is 2.99. The van der Waals surface area contributed by atoms with E-state index in [9.17, 15) is 0 Å². The lowest BCUT2D eigenvalue weighted by molar-refractivity contribution is 0.299. The minimum absolute atomic E-state index is 0.601. The Morgan fingerprint density at radius 2 is 1.67 bits per heavy atom. The van der Waals surface area contributed by atoms with Crippen LogP contribution in [0.1, 0.15) is 64.2 Å². The van der Waals surface area contributed by atoms with Crippen molar-refractivity contribution in [2.75, 3.05) is 0 Å². The standard InChI is InChI=1S/C13H26N2/c14-15-13(10-9-11-7-8-11)12-5-3-1-2-4-6-12/h11-13,15H,1-10,14H2. The SMILES string of the molecule is NNC(CCC1CC1)C1CCCCCC1. The molecule has 88 valence electrons. The van der Waals surface area contributed by atoms with Crippen LogP contribution >= 0.6 is 0 Å². The Balaban J connectivity index is 1.74. The molecule has 2 nitrogen and oxygen atoms in total. The predicted octanol–water partition coefficient (Wildman–Crippen LogP) is 2.98. The van der Waals surface area contributed by atoms with Gasteiger partial charge in [0.15, 0.2) is 0 Å². The molecule has 2 aliphatic carbocycles. The zero-order valence-electron chi connectivity index (χ0n) is 9.88. The van der Waals surface area contributed by atoms with Crippen molar-refractivity contribution in [1.82, 2.24) is 5.43 Å². The van der Waals surface area contributed by atoms with Gasteiger partial charge in [0, 0.05) is 6.04 Å². The molecule has 0 spiro atoms. The van der Waals surface area contributed by atoms with E-state index in [1.807, 2.05) is 0 Å². The Hall–Kier alpha value is -0.0800. The first-order valence-corrected chi connectivity index (χ1v) is 6.86. The van der Waals surface area contributed by atoms with E-state index in [0.29, 0.717) is 6.04 Å². The van der Waals surface area contributed by atoms with Crippen LogP contribution in [0.2, 0.25) is 0 Å². The minimum atomic E-state index is 0.601. The molecule has 2 heteroatoms. The maximum absolute atomic E-state index is 5.71. The van der Waals surface area contributed by atoms with Gasteiger partial charge < -0.3 is 0 Å². The Morgan fingerprint density at radius 3 is 2.20 bits per heavy atom. The van der Waals surface area contributed by atoms with Gasteiger partial charge in [0.2, 0.25) is 0 Å². The molecule has 0 heterocycles. The van der Waals surface area contributed by atoms with Crippen LogP contribution in [0.15, 0.2) is 0 Å². The summed E-state index contributed by atoms with van der Waals surface area (Å²) in [7, 11) is 0. The third-order valence-electron chi connectivity index (χ3n) is 4.27. The number of hydrogen-bond acceptors (Lipinski definition) is 2. The topological polar surface area (TPSA) is 38.0 Å². The second-order valence-corrected chi connectivity index (χ2v) is 5.55. The lowest BCUT2D eigenvalue weighted by Gasteiger charge is -2.25. The smallest absolute Gasteiger partial charge is 0.0238 e. The van der Waals surface area contributed by atoms with Crippen LogP contribution in [0, 0.1) is 11.8 Å². The molecule has 0 aliphatic heterocycles. The zero-order valence-corrected chi connectivity index (χ0v) is 9.88. The second-order valence-electron chi connectivity index (χ2n) is 5.55. The number of hydrogen-bond donors (Lipinski definition) is 2. The van der Waals surface area contributed by atoms with Crippen LogP contribution in [0.3, 0.4) is 0 Å². The third-order valence-corrected chi connectivity index (χ3v) is 4.27. The summed E-state index contributed by atoms with van der Waals surface area (Å²) in [5.74, 6) is 7.62. The van der Waals surface area contributed by atoms with Crippen molar-refractivity contribution in [3.63, 3.8) is 0 Å². The normalized spacial score (nSPS) is 26.2. The van der Waals surface area contributed by atoms with E-state index in [2.05, 4.69) is 5.43 Å². The summed E-state index contributed by atoms with van der Waals surface area (Å²) in [5, 5.41) is 0. The molecule has 0 aromatic carbocycles. The number of hydrazine groups is 1. The van der Waals surface area contributed by atoms with Crippen LogP contribution in [0.25, 0.3) is 0 Å². The van der Waals surface area contributed by atoms with Crippen molar-refractivity contribution in [2.45, 2.75) is 70.3 Å². The third kappa shape index (κ3) is 3.76. The fourth-order valence-electron chi connectivity index (χ4n) is 2.99. The summed E-state index contributed by atoms with van der Waals surface area (Å²) in [6.07, 6.45) is 14.2.